The van der Waals surface area contributed by atoms with Crippen molar-refractivity contribution in [1.29, 1.82) is 0 Å². The Balaban J connectivity index is 2.28. The minimum absolute atomic E-state index is 0.127. The van der Waals surface area contributed by atoms with Crippen LogP contribution in [0.2, 0.25) is 0 Å². The fourth-order valence-electron chi connectivity index (χ4n) is 2.84. The number of hydrogen-bond donors (Lipinski definition) is 3. The first-order valence-corrected chi connectivity index (χ1v) is 8.17. The molecule has 1 saturated carbocycles. The van der Waals surface area contributed by atoms with Gasteiger partial charge in [-0.1, -0.05) is 33.1 Å². The highest BCUT2D eigenvalue weighted by atomic mass is 16.4. The molecule has 1 aliphatic carbocycles. The standard InChI is InChI=1S/C16H28N2O4/c1-11(2)8-13(16(21)22)18-15(20)10-17-14(19)9-12-6-4-3-5-7-12/h11-13H,3-10H2,1-2H3,(H,17,19)(H,18,20)(H,21,22)/t13-/m0/s1. The smallest absolute Gasteiger partial charge is 0.326 e. The predicted molar refractivity (Wildman–Crippen MR) is 83.2 cm³/mol. The van der Waals surface area contributed by atoms with Crippen LogP contribution in [0.25, 0.3) is 0 Å². The van der Waals surface area contributed by atoms with Gasteiger partial charge in [0.05, 0.1) is 6.54 Å². The van der Waals surface area contributed by atoms with Crippen molar-refractivity contribution in [3.05, 3.63) is 0 Å². The van der Waals surface area contributed by atoms with E-state index < -0.39 is 17.9 Å². The monoisotopic (exact) mass is 312 g/mol. The summed E-state index contributed by atoms with van der Waals surface area (Å²) in [6, 6.07) is -0.900. The molecule has 0 radical (unpaired) electrons. The van der Waals surface area contributed by atoms with E-state index in [4.69, 9.17) is 5.11 Å². The van der Waals surface area contributed by atoms with Crippen LogP contribution in [0.1, 0.15) is 58.8 Å². The molecule has 2 amide bonds. The average molecular weight is 312 g/mol. The highest BCUT2D eigenvalue weighted by molar-refractivity contribution is 5.87. The molecular formula is C16H28N2O4. The number of nitrogens with one attached hydrogen (secondary N) is 2. The molecule has 0 aliphatic heterocycles. The lowest BCUT2D eigenvalue weighted by Gasteiger charge is -2.21. The molecule has 6 heteroatoms. The third kappa shape index (κ3) is 7.43. The van der Waals surface area contributed by atoms with Gasteiger partial charge >= 0.3 is 5.97 Å². The van der Waals surface area contributed by atoms with Gasteiger partial charge in [-0.15, -0.1) is 0 Å². The van der Waals surface area contributed by atoms with Crippen LogP contribution in [0.3, 0.4) is 0 Å². The van der Waals surface area contributed by atoms with Crippen molar-refractivity contribution in [3.63, 3.8) is 0 Å². The number of carbonyl (C=O) groups is 3. The van der Waals surface area contributed by atoms with Crippen LogP contribution >= 0.6 is 0 Å². The van der Waals surface area contributed by atoms with Crippen LogP contribution in [-0.2, 0) is 14.4 Å². The quantitative estimate of drug-likeness (QED) is 0.635. The van der Waals surface area contributed by atoms with E-state index in [1.54, 1.807) is 0 Å². The molecule has 1 rings (SSSR count). The van der Waals surface area contributed by atoms with E-state index in [-0.39, 0.29) is 18.4 Å². The Hall–Kier alpha value is -1.59. The molecule has 6 nitrogen and oxygen atoms in total. The SMILES string of the molecule is CC(C)C[C@H](NC(=O)CNC(=O)CC1CCCCC1)C(=O)O. The van der Waals surface area contributed by atoms with Crippen LogP contribution in [0.5, 0.6) is 0 Å². The summed E-state index contributed by atoms with van der Waals surface area (Å²) < 4.78 is 0. The lowest BCUT2D eigenvalue weighted by molar-refractivity contribution is -0.142. The fraction of sp³-hybridized carbons (Fsp3) is 0.812. The maximum Gasteiger partial charge on any atom is 0.326 e. The van der Waals surface area contributed by atoms with Crippen LogP contribution in [-0.4, -0.2) is 35.5 Å². The van der Waals surface area contributed by atoms with Crippen molar-refractivity contribution in [1.82, 2.24) is 10.6 Å². The first kappa shape index (κ1) is 18.5. The second-order valence-electron chi connectivity index (χ2n) is 6.57. The summed E-state index contributed by atoms with van der Waals surface area (Å²) in [6.07, 6.45) is 6.58. The largest absolute Gasteiger partial charge is 0.480 e. The molecule has 3 N–H and O–H groups in total. The molecule has 22 heavy (non-hydrogen) atoms. The van der Waals surface area contributed by atoms with Crippen molar-refractivity contribution in [2.45, 2.75) is 64.8 Å². The molecular weight excluding hydrogens is 284 g/mol. The zero-order valence-corrected chi connectivity index (χ0v) is 13.6. The van der Waals surface area contributed by atoms with Crippen LogP contribution in [0.4, 0.5) is 0 Å². The molecule has 0 aromatic heterocycles. The molecule has 1 aliphatic rings. The predicted octanol–water partition coefficient (Wildman–Crippen LogP) is 1.69. The van der Waals surface area contributed by atoms with E-state index in [0.29, 0.717) is 18.8 Å². The van der Waals surface area contributed by atoms with E-state index in [1.807, 2.05) is 13.8 Å². The third-order valence-corrected chi connectivity index (χ3v) is 3.99. The Kier molecular flexibility index (Phi) is 7.91. The van der Waals surface area contributed by atoms with Crippen molar-refractivity contribution >= 4 is 17.8 Å². The molecule has 0 heterocycles. The van der Waals surface area contributed by atoms with Gasteiger partial charge in [-0.05, 0) is 31.1 Å². The number of hydrogen-bond acceptors (Lipinski definition) is 3. The highest BCUT2D eigenvalue weighted by Gasteiger charge is 2.22. The number of carboxylic acid groups (broad SMARTS) is 1. The Morgan fingerprint density at radius 3 is 2.27 bits per heavy atom. The number of aliphatic carboxylic acids is 1. The van der Waals surface area contributed by atoms with Gasteiger partial charge in [0.25, 0.3) is 0 Å². The molecule has 0 unspecified atom stereocenters. The van der Waals surface area contributed by atoms with E-state index in [9.17, 15) is 14.4 Å². The molecule has 0 spiro atoms. The van der Waals surface area contributed by atoms with E-state index in [0.717, 1.165) is 12.8 Å². The minimum atomic E-state index is -1.05. The summed E-state index contributed by atoms with van der Waals surface area (Å²) in [5, 5.41) is 14.1. The zero-order valence-electron chi connectivity index (χ0n) is 13.6. The topological polar surface area (TPSA) is 95.5 Å². The maximum atomic E-state index is 11.8. The Morgan fingerprint density at radius 1 is 1.09 bits per heavy atom. The summed E-state index contributed by atoms with van der Waals surface area (Å²) in [6.45, 7) is 3.63. The molecule has 1 fully saturated rings. The van der Waals surface area contributed by atoms with Gasteiger partial charge < -0.3 is 15.7 Å². The fourth-order valence-corrected chi connectivity index (χ4v) is 2.84. The Labute approximate surface area is 132 Å². The van der Waals surface area contributed by atoms with E-state index >= 15 is 0 Å². The van der Waals surface area contributed by atoms with E-state index in [2.05, 4.69) is 10.6 Å². The summed E-state index contributed by atoms with van der Waals surface area (Å²) in [7, 11) is 0. The summed E-state index contributed by atoms with van der Waals surface area (Å²) >= 11 is 0. The van der Waals surface area contributed by atoms with Crippen molar-refractivity contribution in [2.24, 2.45) is 11.8 Å². The Bertz CT molecular complexity index is 390. The number of carbonyl (C=O) groups excluding carboxylic acids is 2. The molecule has 1 atom stereocenters. The van der Waals surface area contributed by atoms with E-state index in [1.165, 1.54) is 19.3 Å². The van der Waals surface area contributed by atoms with Gasteiger partial charge in [-0.25, -0.2) is 4.79 Å². The lowest BCUT2D eigenvalue weighted by Crippen LogP contribution is -2.46. The lowest BCUT2D eigenvalue weighted by atomic mass is 9.87. The van der Waals surface area contributed by atoms with Gasteiger partial charge in [-0.3, -0.25) is 9.59 Å². The van der Waals surface area contributed by atoms with Crippen LogP contribution < -0.4 is 10.6 Å². The Morgan fingerprint density at radius 2 is 1.73 bits per heavy atom. The zero-order chi connectivity index (χ0) is 16.5. The summed E-state index contributed by atoms with van der Waals surface area (Å²) in [5.74, 6) is -1.04. The van der Waals surface area contributed by atoms with Gasteiger partial charge in [0, 0.05) is 6.42 Å². The van der Waals surface area contributed by atoms with Gasteiger partial charge in [0.15, 0.2) is 0 Å². The second-order valence-corrected chi connectivity index (χ2v) is 6.57. The minimum Gasteiger partial charge on any atom is -0.480 e. The van der Waals surface area contributed by atoms with Crippen LogP contribution in [0.15, 0.2) is 0 Å². The normalized spacial score (nSPS) is 17.0. The number of rotatable bonds is 8. The molecule has 0 saturated heterocycles. The average Bonchev–Trinajstić information content (AvgIpc) is 2.45. The van der Waals surface area contributed by atoms with Crippen molar-refractivity contribution in [2.75, 3.05) is 6.54 Å². The van der Waals surface area contributed by atoms with Crippen molar-refractivity contribution < 1.29 is 19.5 Å². The van der Waals surface area contributed by atoms with Gasteiger partial charge in [-0.2, -0.15) is 0 Å². The molecule has 0 aromatic rings. The van der Waals surface area contributed by atoms with Crippen LogP contribution in [0, 0.1) is 11.8 Å². The molecule has 0 bridgehead atoms. The first-order valence-electron chi connectivity index (χ1n) is 8.17. The number of carboxylic acids is 1. The first-order chi connectivity index (χ1) is 10.4. The summed E-state index contributed by atoms with van der Waals surface area (Å²) in [5.41, 5.74) is 0. The third-order valence-electron chi connectivity index (χ3n) is 3.99. The second kappa shape index (κ2) is 9.43. The highest BCUT2D eigenvalue weighted by Crippen LogP contribution is 2.25. The molecule has 126 valence electrons. The number of amides is 2. The molecule has 0 aromatic carbocycles. The van der Waals surface area contributed by atoms with Crippen molar-refractivity contribution in [3.8, 4) is 0 Å². The summed E-state index contributed by atoms with van der Waals surface area (Å²) in [4.78, 5) is 34.6. The maximum absolute atomic E-state index is 11.8. The van der Waals surface area contributed by atoms with Gasteiger partial charge in [0.1, 0.15) is 6.04 Å². The van der Waals surface area contributed by atoms with Gasteiger partial charge in [0.2, 0.25) is 11.8 Å².